The Morgan fingerprint density at radius 1 is 1.44 bits per heavy atom. The number of hydrogen-bond donors (Lipinski definition) is 1. The lowest BCUT2D eigenvalue weighted by molar-refractivity contribution is 0.412. The molecule has 5 nitrogen and oxygen atoms in total. The van der Waals surface area contributed by atoms with E-state index in [1.54, 1.807) is 0 Å². The van der Waals surface area contributed by atoms with E-state index in [0.717, 1.165) is 15.2 Å². The van der Waals surface area contributed by atoms with Crippen molar-refractivity contribution >= 4 is 11.6 Å². The highest BCUT2D eigenvalue weighted by Gasteiger charge is 2.16. The summed E-state index contributed by atoms with van der Waals surface area (Å²) in [6.45, 7) is 0. The first-order valence-corrected chi connectivity index (χ1v) is 5.34. The number of benzene rings is 1. The van der Waals surface area contributed by atoms with Crippen molar-refractivity contribution in [3.63, 3.8) is 0 Å². The van der Waals surface area contributed by atoms with Crippen molar-refractivity contribution in [1.82, 2.24) is 9.13 Å². The predicted octanol–water partition coefficient (Wildman–Crippen LogP) is 1.68. The van der Waals surface area contributed by atoms with Gasteiger partial charge in [-0.3, -0.25) is 4.57 Å². The molecule has 0 bridgehead atoms. The zero-order valence-corrected chi connectivity index (χ0v) is 10.4. The average molecular weight is 273 g/mol. The first-order valence-electron chi connectivity index (χ1n) is 4.96. The van der Waals surface area contributed by atoms with Gasteiger partial charge in [-0.2, -0.15) is 0 Å². The van der Waals surface area contributed by atoms with Crippen molar-refractivity contribution in [2.45, 2.75) is 0 Å². The minimum absolute atomic E-state index is 0.0854. The Balaban J connectivity index is 2.75. The van der Waals surface area contributed by atoms with Crippen molar-refractivity contribution in [2.75, 3.05) is 7.11 Å². The minimum Gasteiger partial charge on any atom is -0.495 e. The molecule has 2 rings (SSSR count). The summed E-state index contributed by atoms with van der Waals surface area (Å²) < 4.78 is 20.7. The van der Waals surface area contributed by atoms with E-state index in [2.05, 4.69) is 0 Å². The third-order valence-corrected chi connectivity index (χ3v) is 2.79. The van der Waals surface area contributed by atoms with Crippen LogP contribution in [0.5, 0.6) is 11.6 Å². The maximum Gasteiger partial charge on any atom is 0.335 e. The Morgan fingerprint density at radius 3 is 2.61 bits per heavy atom. The van der Waals surface area contributed by atoms with Crippen molar-refractivity contribution < 1.29 is 14.2 Å². The molecule has 0 fully saturated rings. The van der Waals surface area contributed by atoms with Gasteiger partial charge in [-0.15, -0.1) is 0 Å². The molecule has 0 saturated carbocycles. The van der Waals surface area contributed by atoms with E-state index in [4.69, 9.17) is 16.3 Å². The van der Waals surface area contributed by atoms with Gasteiger partial charge in [-0.25, -0.2) is 13.8 Å². The molecule has 0 aliphatic heterocycles. The number of halogens is 2. The van der Waals surface area contributed by atoms with Crippen LogP contribution in [0.1, 0.15) is 0 Å². The number of hydrogen-bond acceptors (Lipinski definition) is 3. The van der Waals surface area contributed by atoms with E-state index < -0.39 is 11.5 Å². The zero-order chi connectivity index (χ0) is 13.4. The van der Waals surface area contributed by atoms with Crippen LogP contribution in [-0.4, -0.2) is 21.4 Å². The Labute approximate surface area is 107 Å². The Morgan fingerprint density at radius 2 is 2.11 bits per heavy atom. The van der Waals surface area contributed by atoms with Gasteiger partial charge in [0.25, 0.3) is 0 Å². The van der Waals surface area contributed by atoms with E-state index in [-0.39, 0.29) is 22.3 Å². The summed E-state index contributed by atoms with van der Waals surface area (Å²) in [5.41, 5.74) is -0.699. The number of aryl methyl sites for hydroxylation is 1. The van der Waals surface area contributed by atoms with Crippen LogP contribution in [0.15, 0.2) is 23.1 Å². The Hall–Kier alpha value is -1.95. The first-order chi connectivity index (χ1) is 8.45. The maximum absolute atomic E-state index is 13.8. The topological polar surface area (TPSA) is 56.4 Å². The predicted molar refractivity (Wildman–Crippen MR) is 64.2 cm³/mol. The van der Waals surface area contributed by atoms with E-state index in [1.165, 1.54) is 26.4 Å². The normalized spacial score (nSPS) is 10.7. The summed E-state index contributed by atoms with van der Waals surface area (Å²) in [5, 5.41) is 9.71. The summed E-state index contributed by atoms with van der Waals surface area (Å²) >= 11 is 5.75. The van der Waals surface area contributed by atoms with Crippen LogP contribution in [0.25, 0.3) is 5.69 Å². The standard InChI is InChI=1S/C11H10ClFN2O3/c1-14-5-10(16)15(11(14)17)8-4-9(18-2)6(12)3-7(8)13/h3-5,16H,1-2H3. The number of ether oxygens (including phenoxy) is 1. The molecule has 0 aliphatic rings. The number of aromatic nitrogens is 2. The fourth-order valence-electron chi connectivity index (χ4n) is 1.61. The van der Waals surface area contributed by atoms with Crippen molar-refractivity contribution in [2.24, 2.45) is 7.05 Å². The second kappa shape index (κ2) is 4.38. The molecule has 0 spiro atoms. The van der Waals surface area contributed by atoms with Crippen molar-refractivity contribution in [3.8, 4) is 17.3 Å². The van der Waals surface area contributed by atoms with Crippen LogP contribution in [0.3, 0.4) is 0 Å². The molecular formula is C11H10ClFN2O3. The van der Waals surface area contributed by atoms with Gasteiger partial charge in [0, 0.05) is 13.1 Å². The molecule has 0 amide bonds. The third kappa shape index (κ3) is 1.84. The molecule has 2 aromatic rings. The smallest absolute Gasteiger partial charge is 0.335 e. The fourth-order valence-corrected chi connectivity index (χ4v) is 1.84. The van der Waals surface area contributed by atoms with Gasteiger partial charge in [0.15, 0.2) is 0 Å². The largest absolute Gasteiger partial charge is 0.495 e. The molecule has 96 valence electrons. The number of rotatable bonds is 2. The molecule has 1 aromatic heterocycles. The van der Waals surface area contributed by atoms with Gasteiger partial charge in [0.2, 0.25) is 5.88 Å². The summed E-state index contributed by atoms with van der Waals surface area (Å²) in [6, 6.07) is 2.27. The lowest BCUT2D eigenvalue weighted by atomic mass is 10.3. The summed E-state index contributed by atoms with van der Waals surface area (Å²) in [7, 11) is 2.82. The van der Waals surface area contributed by atoms with Crippen LogP contribution in [0.2, 0.25) is 5.02 Å². The Kier molecular flexibility index (Phi) is 3.04. The summed E-state index contributed by atoms with van der Waals surface area (Å²) in [5.74, 6) is -0.890. The highest BCUT2D eigenvalue weighted by Crippen LogP contribution is 2.30. The second-order valence-corrected chi connectivity index (χ2v) is 4.06. The van der Waals surface area contributed by atoms with Gasteiger partial charge >= 0.3 is 5.69 Å². The van der Waals surface area contributed by atoms with Gasteiger partial charge < -0.3 is 9.84 Å². The first kappa shape index (κ1) is 12.5. The van der Waals surface area contributed by atoms with Crippen LogP contribution in [-0.2, 0) is 7.05 Å². The number of imidazole rings is 1. The van der Waals surface area contributed by atoms with E-state index in [1.807, 2.05) is 0 Å². The molecule has 0 aliphatic carbocycles. The van der Waals surface area contributed by atoms with Crippen LogP contribution in [0.4, 0.5) is 4.39 Å². The lowest BCUT2D eigenvalue weighted by Crippen LogP contribution is -2.21. The molecule has 1 aromatic carbocycles. The van der Waals surface area contributed by atoms with Gasteiger partial charge in [0.1, 0.15) is 11.6 Å². The van der Waals surface area contributed by atoms with Crippen molar-refractivity contribution in [3.05, 3.63) is 39.7 Å². The van der Waals surface area contributed by atoms with Gasteiger partial charge in [-0.05, 0) is 6.07 Å². The van der Waals surface area contributed by atoms with Crippen LogP contribution >= 0.6 is 11.6 Å². The molecule has 0 saturated heterocycles. The highest BCUT2D eigenvalue weighted by molar-refractivity contribution is 6.32. The van der Waals surface area contributed by atoms with Gasteiger partial charge in [0.05, 0.1) is 24.0 Å². The van der Waals surface area contributed by atoms with Crippen LogP contribution in [0, 0.1) is 5.82 Å². The molecule has 0 atom stereocenters. The maximum atomic E-state index is 13.8. The number of aromatic hydroxyl groups is 1. The fraction of sp³-hybridized carbons (Fsp3) is 0.182. The molecule has 18 heavy (non-hydrogen) atoms. The monoisotopic (exact) mass is 272 g/mol. The Bertz CT molecular complexity index is 663. The molecule has 7 heteroatoms. The average Bonchev–Trinajstić information content (AvgIpc) is 2.55. The van der Waals surface area contributed by atoms with Crippen molar-refractivity contribution in [1.29, 1.82) is 0 Å². The van der Waals surface area contributed by atoms with E-state index >= 15 is 0 Å². The van der Waals surface area contributed by atoms with E-state index in [9.17, 15) is 14.3 Å². The quantitative estimate of drug-likeness (QED) is 0.905. The highest BCUT2D eigenvalue weighted by atomic mass is 35.5. The van der Waals surface area contributed by atoms with Gasteiger partial charge in [-0.1, -0.05) is 11.6 Å². The summed E-state index contributed by atoms with van der Waals surface area (Å²) in [4.78, 5) is 11.8. The van der Waals surface area contributed by atoms with Crippen LogP contribution < -0.4 is 10.4 Å². The molecule has 0 unspecified atom stereocenters. The zero-order valence-electron chi connectivity index (χ0n) is 9.65. The number of nitrogens with zero attached hydrogens (tertiary/aromatic N) is 2. The molecule has 1 heterocycles. The molecular weight excluding hydrogens is 263 g/mol. The minimum atomic E-state index is -0.732. The number of methoxy groups -OCH3 is 1. The lowest BCUT2D eigenvalue weighted by Gasteiger charge is -2.08. The molecule has 0 radical (unpaired) electrons. The second-order valence-electron chi connectivity index (χ2n) is 3.65. The van der Waals surface area contributed by atoms with E-state index in [0.29, 0.717) is 0 Å². The molecule has 1 N–H and O–H groups in total. The SMILES string of the molecule is COc1cc(-n2c(O)cn(C)c2=O)c(F)cc1Cl. The third-order valence-electron chi connectivity index (χ3n) is 2.49. The summed E-state index contributed by atoms with van der Waals surface area (Å²) in [6.07, 6.45) is 1.18.